The summed E-state index contributed by atoms with van der Waals surface area (Å²) in [6.45, 7) is 0. The largest absolute Gasteiger partial charge is 0.0731 e. The van der Waals surface area contributed by atoms with Crippen LogP contribution < -0.4 is 0 Å². The average Bonchev–Trinajstić information content (AvgIpc) is 3.75. The molecule has 0 aliphatic heterocycles. The van der Waals surface area contributed by atoms with E-state index in [1.165, 1.54) is 121 Å². The highest BCUT2D eigenvalue weighted by Gasteiger charge is 2.53. The van der Waals surface area contributed by atoms with Crippen LogP contribution in [0.5, 0.6) is 0 Å². The van der Waals surface area contributed by atoms with E-state index in [0.29, 0.717) is 0 Å². The van der Waals surface area contributed by atoms with Gasteiger partial charge in [0.15, 0.2) is 0 Å². The van der Waals surface area contributed by atoms with Crippen LogP contribution in [0.3, 0.4) is 0 Å². The first-order chi connectivity index (χ1) is 28.3. The number of rotatable bonds is 2. The third-order valence-electron chi connectivity index (χ3n) is 13.2. The van der Waals surface area contributed by atoms with Crippen LogP contribution in [-0.2, 0) is 5.41 Å². The van der Waals surface area contributed by atoms with Crippen LogP contribution in [0.1, 0.15) is 22.3 Å². The van der Waals surface area contributed by atoms with E-state index < -0.39 is 5.41 Å². The number of hydrogen-bond acceptors (Lipinski definition) is 0. The molecule has 0 amide bonds. The van der Waals surface area contributed by atoms with Crippen LogP contribution in [-0.4, -0.2) is 0 Å². The minimum atomic E-state index is -0.527. The molecule has 0 heteroatoms. The second-order valence-corrected chi connectivity index (χ2v) is 15.9. The van der Waals surface area contributed by atoms with Gasteiger partial charge in [0.2, 0.25) is 0 Å². The quantitative estimate of drug-likeness (QED) is 0.123. The number of benzene rings is 11. The van der Waals surface area contributed by atoms with E-state index in [-0.39, 0.29) is 0 Å². The van der Waals surface area contributed by atoms with E-state index in [0.717, 1.165) is 0 Å². The molecule has 0 bridgehead atoms. The highest BCUT2D eigenvalue weighted by atomic mass is 14.5. The van der Waals surface area contributed by atoms with E-state index in [1.54, 1.807) is 0 Å². The molecule has 0 atom stereocenters. The summed E-state index contributed by atoms with van der Waals surface area (Å²) in [7, 11) is 0. The normalized spacial score (nSPS) is 13.4. The lowest BCUT2D eigenvalue weighted by Crippen LogP contribution is -2.26. The topological polar surface area (TPSA) is 0 Å². The molecule has 0 aromatic heterocycles. The van der Waals surface area contributed by atoms with Gasteiger partial charge in [-0.15, -0.1) is 0 Å². The Morgan fingerprint density at radius 1 is 0.246 bits per heavy atom. The molecule has 2 aliphatic carbocycles. The van der Waals surface area contributed by atoms with E-state index in [1.807, 2.05) is 0 Å². The molecule has 11 aromatic rings. The molecule has 0 radical (unpaired) electrons. The van der Waals surface area contributed by atoms with Crippen LogP contribution in [0.2, 0.25) is 0 Å². The molecule has 13 rings (SSSR count). The fraction of sp³-hybridized carbons (Fsp3) is 0.0175. The van der Waals surface area contributed by atoms with Crippen molar-refractivity contribution in [1.29, 1.82) is 0 Å². The van der Waals surface area contributed by atoms with Crippen LogP contribution in [0.4, 0.5) is 0 Å². The van der Waals surface area contributed by atoms with Crippen molar-refractivity contribution in [3.63, 3.8) is 0 Å². The molecule has 262 valence electrons. The fourth-order valence-corrected chi connectivity index (χ4v) is 11.0. The number of hydrogen-bond donors (Lipinski definition) is 0. The van der Waals surface area contributed by atoms with Crippen molar-refractivity contribution in [3.8, 4) is 44.5 Å². The van der Waals surface area contributed by atoms with Gasteiger partial charge in [-0.05, 0) is 139 Å². The van der Waals surface area contributed by atoms with E-state index >= 15 is 0 Å². The summed E-state index contributed by atoms with van der Waals surface area (Å²) in [4.78, 5) is 0. The van der Waals surface area contributed by atoms with Gasteiger partial charge in [-0.1, -0.05) is 188 Å². The molecule has 2 aliphatic rings. The van der Waals surface area contributed by atoms with Crippen molar-refractivity contribution in [2.45, 2.75) is 5.41 Å². The summed E-state index contributed by atoms with van der Waals surface area (Å²) in [6, 6.07) is 77.9. The maximum absolute atomic E-state index is 2.59. The van der Waals surface area contributed by atoms with Crippen LogP contribution in [0.25, 0.3) is 98.4 Å². The highest BCUT2D eigenvalue weighted by molar-refractivity contribution is 6.21. The standard InChI is InChI=1S/C57H34/c1-5-19-40-35(14-1)18-13-25-44(40)50-33-39(54-42-21-7-4-17-38(42)32-49-41-20-6-2-15-36(41)28-30-47(49)54)34-53-55(50)48-31-29-37-16-3-8-22-43(37)56(48)57(53)51-26-11-9-23-45(51)46-24-10-12-27-52(46)57/h1-34H. The third-order valence-corrected chi connectivity index (χ3v) is 13.2. The Kier molecular flexibility index (Phi) is 6.19. The van der Waals surface area contributed by atoms with Crippen molar-refractivity contribution in [2.75, 3.05) is 0 Å². The first kappa shape index (κ1) is 31.0. The third kappa shape index (κ3) is 4.02. The summed E-state index contributed by atoms with van der Waals surface area (Å²) in [5.74, 6) is 0. The van der Waals surface area contributed by atoms with Gasteiger partial charge < -0.3 is 0 Å². The molecule has 11 aromatic carbocycles. The van der Waals surface area contributed by atoms with Gasteiger partial charge in [0, 0.05) is 0 Å². The Morgan fingerprint density at radius 2 is 0.789 bits per heavy atom. The Balaban J connectivity index is 1.28. The van der Waals surface area contributed by atoms with Gasteiger partial charge in [0.1, 0.15) is 0 Å². The van der Waals surface area contributed by atoms with Crippen LogP contribution in [0.15, 0.2) is 206 Å². The lowest BCUT2D eigenvalue weighted by atomic mass is 9.68. The molecule has 0 fully saturated rings. The first-order valence-electron chi connectivity index (χ1n) is 20.0. The maximum atomic E-state index is 2.59. The summed E-state index contributed by atoms with van der Waals surface area (Å²) in [5.41, 5.74) is 15.3. The van der Waals surface area contributed by atoms with Gasteiger partial charge in [-0.3, -0.25) is 0 Å². The zero-order valence-electron chi connectivity index (χ0n) is 31.1. The molecule has 0 nitrogen and oxygen atoms in total. The van der Waals surface area contributed by atoms with Crippen LogP contribution >= 0.6 is 0 Å². The van der Waals surface area contributed by atoms with Gasteiger partial charge in [-0.25, -0.2) is 0 Å². The molecule has 1 spiro atoms. The zero-order chi connectivity index (χ0) is 37.2. The lowest BCUT2D eigenvalue weighted by molar-refractivity contribution is 0.802. The zero-order valence-corrected chi connectivity index (χ0v) is 31.1. The van der Waals surface area contributed by atoms with Crippen molar-refractivity contribution in [1.82, 2.24) is 0 Å². The average molecular weight is 719 g/mol. The van der Waals surface area contributed by atoms with E-state index in [2.05, 4.69) is 206 Å². The van der Waals surface area contributed by atoms with Gasteiger partial charge >= 0.3 is 0 Å². The Bertz CT molecular complexity index is 3480. The molecule has 0 unspecified atom stereocenters. The fourth-order valence-electron chi connectivity index (χ4n) is 11.0. The second kappa shape index (κ2) is 11.4. The second-order valence-electron chi connectivity index (χ2n) is 15.9. The predicted octanol–water partition coefficient (Wildman–Crippen LogP) is 15.1. The monoisotopic (exact) mass is 718 g/mol. The van der Waals surface area contributed by atoms with Crippen molar-refractivity contribution in [2.24, 2.45) is 0 Å². The van der Waals surface area contributed by atoms with E-state index in [4.69, 9.17) is 0 Å². The first-order valence-corrected chi connectivity index (χ1v) is 20.0. The highest BCUT2D eigenvalue weighted by Crippen LogP contribution is 2.66. The minimum Gasteiger partial charge on any atom is -0.0619 e. The van der Waals surface area contributed by atoms with Crippen molar-refractivity contribution < 1.29 is 0 Å². The van der Waals surface area contributed by atoms with Crippen molar-refractivity contribution in [3.05, 3.63) is 229 Å². The molecular formula is C57H34. The number of fused-ring (bicyclic) bond motifs is 17. The minimum absolute atomic E-state index is 0.527. The predicted molar refractivity (Wildman–Crippen MR) is 241 cm³/mol. The van der Waals surface area contributed by atoms with Crippen molar-refractivity contribution >= 4 is 53.9 Å². The summed E-state index contributed by atoms with van der Waals surface area (Å²) >= 11 is 0. The molecule has 0 N–H and O–H groups in total. The lowest BCUT2D eigenvalue weighted by Gasteiger charge is -2.32. The maximum Gasteiger partial charge on any atom is 0.0731 e. The Labute approximate surface area is 330 Å². The molecule has 0 saturated heterocycles. The Hall–Kier alpha value is -7.28. The molecule has 57 heavy (non-hydrogen) atoms. The molecule has 0 heterocycles. The molecular weight excluding hydrogens is 685 g/mol. The van der Waals surface area contributed by atoms with Crippen LogP contribution in [0, 0.1) is 0 Å². The van der Waals surface area contributed by atoms with Gasteiger partial charge in [-0.2, -0.15) is 0 Å². The summed E-state index contributed by atoms with van der Waals surface area (Å²) in [6.07, 6.45) is 0. The van der Waals surface area contributed by atoms with E-state index in [9.17, 15) is 0 Å². The van der Waals surface area contributed by atoms with Gasteiger partial charge in [0.05, 0.1) is 5.41 Å². The smallest absolute Gasteiger partial charge is 0.0619 e. The molecule has 0 saturated carbocycles. The van der Waals surface area contributed by atoms with Gasteiger partial charge in [0.25, 0.3) is 0 Å². The summed E-state index contributed by atoms with van der Waals surface area (Å²) in [5, 5.41) is 12.7. The Morgan fingerprint density at radius 3 is 1.54 bits per heavy atom. The SMILES string of the molecule is c1ccc2c(c1)-c1ccccc1C21c2cc(-c3c4ccccc4cc4c3ccc3ccccc34)cc(-c3cccc4ccccc34)c2-c2ccc3ccccc3c21. The summed E-state index contributed by atoms with van der Waals surface area (Å²) < 4.78 is 0.